The maximum absolute atomic E-state index is 11.6. The van der Waals surface area contributed by atoms with E-state index < -0.39 is 0 Å². The molecular formula is C12H17NOS2. The van der Waals surface area contributed by atoms with Gasteiger partial charge >= 0.3 is 0 Å². The topological polar surface area (TPSA) is 20.3 Å². The molecule has 88 valence electrons. The van der Waals surface area contributed by atoms with Crippen molar-refractivity contribution in [2.45, 2.75) is 36.9 Å². The van der Waals surface area contributed by atoms with Gasteiger partial charge in [0.05, 0.1) is 4.21 Å². The Kier molecular flexibility index (Phi) is 3.92. The first-order valence-electron chi connectivity index (χ1n) is 5.65. The van der Waals surface area contributed by atoms with E-state index in [-0.39, 0.29) is 0 Å². The summed E-state index contributed by atoms with van der Waals surface area (Å²) in [4.78, 5) is 14.9. The van der Waals surface area contributed by atoms with Crippen molar-refractivity contribution in [1.82, 2.24) is 4.90 Å². The van der Waals surface area contributed by atoms with Crippen LogP contribution in [0.15, 0.2) is 16.3 Å². The minimum atomic E-state index is 0.329. The minimum absolute atomic E-state index is 0.329. The molecule has 1 aliphatic rings. The van der Waals surface area contributed by atoms with Gasteiger partial charge in [-0.25, -0.2) is 0 Å². The van der Waals surface area contributed by atoms with Gasteiger partial charge in [0.25, 0.3) is 0 Å². The molecule has 1 atom stereocenters. The van der Waals surface area contributed by atoms with Crippen molar-refractivity contribution in [2.75, 3.05) is 12.3 Å². The maximum Gasteiger partial charge on any atom is 0.222 e. The highest BCUT2D eigenvalue weighted by atomic mass is 32.2. The number of carbonyl (C=O) groups excluding carboxylic acids is 1. The molecule has 4 heteroatoms. The molecule has 2 nitrogen and oxygen atoms in total. The zero-order chi connectivity index (χ0) is 11.5. The van der Waals surface area contributed by atoms with Crippen molar-refractivity contribution in [2.24, 2.45) is 0 Å². The quantitative estimate of drug-likeness (QED) is 0.770. The summed E-state index contributed by atoms with van der Waals surface area (Å²) in [7, 11) is 0. The number of thiophene rings is 1. The van der Waals surface area contributed by atoms with Crippen LogP contribution in [-0.2, 0) is 4.79 Å². The first-order valence-corrected chi connectivity index (χ1v) is 7.46. The van der Waals surface area contributed by atoms with Crippen LogP contribution in [0.2, 0.25) is 0 Å². The average Bonchev–Trinajstić information content (AvgIpc) is 2.78. The predicted octanol–water partition coefficient (Wildman–Crippen LogP) is 3.16. The lowest BCUT2D eigenvalue weighted by atomic mass is 10.2. The maximum atomic E-state index is 11.6. The number of hydrogen-bond donors (Lipinski definition) is 0. The molecule has 1 aliphatic heterocycles. The van der Waals surface area contributed by atoms with Gasteiger partial charge in [0.1, 0.15) is 0 Å². The van der Waals surface area contributed by atoms with Crippen LogP contribution in [0.4, 0.5) is 0 Å². The summed E-state index contributed by atoms with van der Waals surface area (Å²) in [6.07, 6.45) is 1.77. The molecule has 0 saturated carbocycles. The lowest BCUT2D eigenvalue weighted by molar-refractivity contribution is -0.128. The molecule has 0 spiro atoms. The molecule has 0 aromatic carbocycles. The monoisotopic (exact) mass is 255 g/mol. The van der Waals surface area contributed by atoms with E-state index in [0.29, 0.717) is 11.9 Å². The van der Waals surface area contributed by atoms with Crippen molar-refractivity contribution >= 4 is 29.0 Å². The van der Waals surface area contributed by atoms with Crippen LogP contribution >= 0.6 is 23.1 Å². The molecule has 1 aromatic heterocycles. The van der Waals surface area contributed by atoms with Crippen molar-refractivity contribution in [3.8, 4) is 0 Å². The molecule has 0 bridgehead atoms. The van der Waals surface area contributed by atoms with E-state index in [1.807, 2.05) is 28.0 Å². The van der Waals surface area contributed by atoms with Crippen molar-refractivity contribution in [3.05, 3.63) is 17.0 Å². The van der Waals surface area contributed by atoms with Gasteiger partial charge in [-0.3, -0.25) is 4.79 Å². The summed E-state index contributed by atoms with van der Waals surface area (Å²) in [5.41, 5.74) is 0. The summed E-state index contributed by atoms with van der Waals surface area (Å²) >= 11 is 3.69. The molecule has 0 aliphatic carbocycles. The number of aryl methyl sites for hydroxylation is 1. The van der Waals surface area contributed by atoms with Crippen LogP contribution in [-0.4, -0.2) is 29.1 Å². The van der Waals surface area contributed by atoms with E-state index in [0.717, 1.165) is 25.1 Å². The van der Waals surface area contributed by atoms with Crippen LogP contribution in [0.1, 0.15) is 24.6 Å². The van der Waals surface area contributed by atoms with Gasteiger partial charge in [0.15, 0.2) is 0 Å². The third kappa shape index (κ3) is 2.80. The fraction of sp³-hybridized carbons (Fsp3) is 0.583. The largest absolute Gasteiger partial charge is 0.339 e. The van der Waals surface area contributed by atoms with E-state index in [1.165, 1.54) is 9.09 Å². The second-order valence-corrected chi connectivity index (χ2v) is 6.87. The average molecular weight is 255 g/mol. The Bertz CT molecular complexity index is 375. The summed E-state index contributed by atoms with van der Waals surface area (Å²) in [6.45, 7) is 5.16. The van der Waals surface area contributed by atoms with E-state index in [4.69, 9.17) is 0 Å². The van der Waals surface area contributed by atoms with Crippen LogP contribution in [0.5, 0.6) is 0 Å². The van der Waals surface area contributed by atoms with Gasteiger partial charge in [-0.2, -0.15) is 0 Å². The van der Waals surface area contributed by atoms with Crippen molar-refractivity contribution in [1.29, 1.82) is 0 Å². The van der Waals surface area contributed by atoms with Crippen LogP contribution in [0.25, 0.3) is 0 Å². The summed E-state index contributed by atoms with van der Waals surface area (Å²) < 4.78 is 1.36. The zero-order valence-electron chi connectivity index (χ0n) is 9.73. The Hall–Kier alpha value is -0.480. The molecular weight excluding hydrogens is 238 g/mol. The number of thioether (sulfide) groups is 1. The van der Waals surface area contributed by atoms with Crippen LogP contribution < -0.4 is 0 Å². The number of rotatable bonds is 4. The van der Waals surface area contributed by atoms with Gasteiger partial charge in [-0.1, -0.05) is 0 Å². The van der Waals surface area contributed by atoms with E-state index >= 15 is 0 Å². The first-order chi connectivity index (χ1) is 7.66. The third-order valence-corrected chi connectivity index (χ3v) is 5.13. The van der Waals surface area contributed by atoms with Gasteiger partial charge in [-0.15, -0.1) is 23.1 Å². The number of likely N-dealkylation sites (tertiary alicyclic amines) is 1. The fourth-order valence-corrected chi connectivity index (χ4v) is 4.08. The summed E-state index contributed by atoms with van der Waals surface area (Å²) in [5, 5.41) is 0. The fourth-order valence-electron chi connectivity index (χ4n) is 1.96. The third-order valence-electron chi connectivity index (χ3n) is 2.92. The van der Waals surface area contributed by atoms with Crippen LogP contribution in [0, 0.1) is 6.92 Å². The minimum Gasteiger partial charge on any atom is -0.339 e. The van der Waals surface area contributed by atoms with Gasteiger partial charge < -0.3 is 4.90 Å². The van der Waals surface area contributed by atoms with Crippen LogP contribution in [0.3, 0.4) is 0 Å². The Morgan fingerprint density at radius 2 is 2.38 bits per heavy atom. The smallest absolute Gasteiger partial charge is 0.222 e. The van der Waals surface area contributed by atoms with Gasteiger partial charge in [-0.05, 0) is 32.4 Å². The first kappa shape index (κ1) is 12.0. The SMILES string of the molecule is Cc1ccc(SCCN2C(=O)CCC2C)s1. The highest BCUT2D eigenvalue weighted by Gasteiger charge is 2.26. The summed E-state index contributed by atoms with van der Waals surface area (Å²) in [5.74, 6) is 1.34. The molecule has 2 rings (SSSR count). The molecule has 1 unspecified atom stereocenters. The van der Waals surface area contributed by atoms with E-state index in [1.54, 1.807) is 0 Å². The standard InChI is InChI=1S/C12H17NOS2/c1-9-3-5-11(14)13(9)7-8-15-12-6-4-10(2)16-12/h4,6,9H,3,5,7-8H2,1-2H3. The lowest BCUT2D eigenvalue weighted by Gasteiger charge is -2.20. The molecule has 0 radical (unpaired) electrons. The zero-order valence-corrected chi connectivity index (χ0v) is 11.4. The molecule has 0 N–H and O–H groups in total. The molecule has 1 saturated heterocycles. The van der Waals surface area contributed by atoms with Crippen molar-refractivity contribution in [3.63, 3.8) is 0 Å². The predicted molar refractivity (Wildman–Crippen MR) is 70.2 cm³/mol. The van der Waals surface area contributed by atoms with E-state index in [9.17, 15) is 4.79 Å². The Morgan fingerprint density at radius 3 is 2.94 bits per heavy atom. The highest BCUT2D eigenvalue weighted by Crippen LogP contribution is 2.27. The molecule has 1 amide bonds. The second kappa shape index (κ2) is 5.23. The van der Waals surface area contributed by atoms with Crippen molar-refractivity contribution < 1.29 is 4.79 Å². The van der Waals surface area contributed by atoms with Gasteiger partial charge in [0.2, 0.25) is 5.91 Å². The summed E-state index contributed by atoms with van der Waals surface area (Å²) in [6, 6.07) is 4.76. The second-order valence-electron chi connectivity index (χ2n) is 4.19. The number of nitrogens with zero attached hydrogens (tertiary/aromatic N) is 1. The Balaban J connectivity index is 1.77. The molecule has 1 fully saturated rings. The Morgan fingerprint density at radius 1 is 1.56 bits per heavy atom. The molecule has 1 aromatic rings. The molecule has 16 heavy (non-hydrogen) atoms. The lowest BCUT2D eigenvalue weighted by Crippen LogP contribution is -2.32. The number of carbonyl (C=O) groups is 1. The number of amides is 1. The normalized spacial score (nSPS) is 20.8. The Labute approximate surface area is 105 Å². The highest BCUT2D eigenvalue weighted by molar-refractivity contribution is 8.01. The van der Waals surface area contributed by atoms with Gasteiger partial charge in [0, 0.05) is 29.6 Å². The molecule has 2 heterocycles. The van der Waals surface area contributed by atoms with E-state index in [2.05, 4.69) is 26.0 Å². The number of hydrogen-bond acceptors (Lipinski definition) is 3.